The summed E-state index contributed by atoms with van der Waals surface area (Å²) in [6, 6.07) is 10.0. The molecule has 0 unspecified atom stereocenters. The molecule has 184 valence electrons. The molecule has 1 N–H and O–H groups in total. The van der Waals surface area contributed by atoms with Gasteiger partial charge in [-0.05, 0) is 49.9 Å². The van der Waals surface area contributed by atoms with E-state index in [9.17, 15) is 19.5 Å². The average Bonchev–Trinajstić information content (AvgIpc) is 2.81. The van der Waals surface area contributed by atoms with Gasteiger partial charge in [-0.15, -0.1) is 0 Å². The lowest BCUT2D eigenvalue weighted by molar-refractivity contribution is -0.128. The molecule has 0 spiro atoms. The van der Waals surface area contributed by atoms with Crippen molar-refractivity contribution in [2.75, 3.05) is 0 Å². The fourth-order valence-corrected chi connectivity index (χ4v) is 5.02. The van der Waals surface area contributed by atoms with Gasteiger partial charge >= 0.3 is 0 Å². The van der Waals surface area contributed by atoms with Crippen molar-refractivity contribution in [3.05, 3.63) is 67.6 Å². The monoisotopic (exact) mass is 544 g/mol. The fraction of sp³-hybridized carbons (Fsp3) is 0.423. The Labute approximate surface area is 220 Å². The lowest BCUT2D eigenvalue weighted by Gasteiger charge is -2.26. The molecule has 2 aromatic rings. The summed E-state index contributed by atoms with van der Waals surface area (Å²) in [5.74, 6) is 0.215. The van der Waals surface area contributed by atoms with Crippen molar-refractivity contribution in [1.29, 1.82) is 0 Å². The molecule has 2 aliphatic rings. The minimum atomic E-state index is -0.885. The van der Waals surface area contributed by atoms with Gasteiger partial charge in [0.05, 0.1) is 21.7 Å². The highest BCUT2D eigenvalue weighted by molar-refractivity contribution is 6.38. The van der Waals surface area contributed by atoms with Crippen molar-refractivity contribution in [3.63, 3.8) is 0 Å². The minimum Gasteiger partial charge on any atom is -0.388 e. The van der Waals surface area contributed by atoms with Crippen LogP contribution in [0.1, 0.15) is 79.8 Å². The number of hydrogen-bond donors (Lipinski definition) is 1. The standard InChI is InChI=1S/C13H14Cl2O2.C7H4Cl2O.C6H10O/c14-9-5-3-6-10(15)12(9)13(17)8-4-1-2-7-11(8)16;8-6-2-1-3-7(9)5(6)4-10;7-6-4-2-1-3-5-6/h3,5-6,8,13,17H,1-2,4,7H2;1-4H;1-5H2/t8-,13-;;/m1../s1. The Morgan fingerprint density at radius 2 is 1.26 bits per heavy atom. The largest absolute Gasteiger partial charge is 0.388 e. The second kappa shape index (κ2) is 14.9. The van der Waals surface area contributed by atoms with Crippen molar-refractivity contribution >= 4 is 64.3 Å². The van der Waals surface area contributed by atoms with Gasteiger partial charge in [-0.2, -0.15) is 0 Å². The molecule has 2 saturated carbocycles. The number of rotatable bonds is 3. The molecule has 0 aliphatic heterocycles. The number of aliphatic hydroxyl groups excluding tert-OH is 1. The Bertz CT molecular complexity index is 944. The molecule has 8 heteroatoms. The molecule has 34 heavy (non-hydrogen) atoms. The third kappa shape index (κ3) is 8.66. The Morgan fingerprint density at radius 1 is 0.765 bits per heavy atom. The van der Waals surface area contributed by atoms with E-state index in [1.165, 1.54) is 6.42 Å². The summed E-state index contributed by atoms with van der Waals surface area (Å²) in [5.41, 5.74) is 0.835. The average molecular weight is 546 g/mol. The summed E-state index contributed by atoms with van der Waals surface area (Å²) in [6.07, 6.45) is 8.14. The van der Waals surface area contributed by atoms with Crippen LogP contribution in [0.15, 0.2) is 36.4 Å². The van der Waals surface area contributed by atoms with Crippen LogP contribution < -0.4 is 0 Å². The van der Waals surface area contributed by atoms with Crippen LogP contribution in [0.3, 0.4) is 0 Å². The zero-order valence-electron chi connectivity index (χ0n) is 18.7. The molecular formula is C26H28Cl4O4. The first-order valence-corrected chi connectivity index (χ1v) is 12.8. The van der Waals surface area contributed by atoms with Gasteiger partial charge in [-0.1, -0.05) is 71.4 Å². The van der Waals surface area contributed by atoms with Crippen LogP contribution in [0.5, 0.6) is 0 Å². The first-order valence-electron chi connectivity index (χ1n) is 11.3. The molecular weight excluding hydrogens is 518 g/mol. The van der Waals surface area contributed by atoms with Crippen LogP contribution in [0.4, 0.5) is 0 Å². The quantitative estimate of drug-likeness (QED) is 0.395. The number of halogens is 4. The highest BCUT2D eigenvalue weighted by Crippen LogP contribution is 2.38. The molecule has 0 aromatic heterocycles. The Balaban J connectivity index is 0.000000202. The maximum Gasteiger partial charge on any atom is 0.153 e. The summed E-state index contributed by atoms with van der Waals surface area (Å²) < 4.78 is 0. The van der Waals surface area contributed by atoms with E-state index in [0.29, 0.717) is 56.1 Å². The van der Waals surface area contributed by atoms with Gasteiger partial charge in [0.2, 0.25) is 0 Å². The molecule has 4 nitrogen and oxygen atoms in total. The van der Waals surface area contributed by atoms with Crippen LogP contribution in [0.25, 0.3) is 0 Å². The summed E-state index contributed by atoms with van der Waals surface area (Å²) >= 11 is 23.3. The third-order valence-corrected chi connectivity index (χ3v) is 7.13. The number of aliphatic hydroxyl groups is 1. The molecule has 4 rings (SSSR count). The number of ketones is 2. The number of hydrogen-bond acceptors (Lipinski definition) is 4. The summed E-state index contributed by atoms with van der Waals surface area (Å²) in [5, 5.41) is 11.9. The van der Waals surface area contributed by atoms with E-state index >= 15 is 0 Å². The lowest BCUT2D eigenvalue weighted by atomic mass is 9.81. The van der Waals surface area contributed by atoms with E-state index in [4.69, 9.17) is 46.4 Å². The molecule has 2 aromatic carbocycles. The van der Waals surface area contributed by atoms with Crippen LogP contribution in [-0.4, -0.2) is 23.0 Å². The van der Waals surface area contributed by atoms with Gasteiger partial charge in [0, 0.05) is 40.8 Å². The van der Waals surface area contributed by atoms with E-state index in [0.717, 1.165) is 38.5 Å². The highest BCUT2D eigenvalue weighted by Gasteiger charge is 2.32. The molecule has 2 atom stereocenters. The summed E-state index contributed by atoms with van der Waals surface area (Å²) in [4.78, 5) is 32.5. The second-order valence-electron chi connectivity index (χ2n) is 8.25. The molecule has 0 amide bonds. The van der Waals surface area contributed by atoms with Crippen molar-refractivity contribution in [2.24, 2.45) is 5.92 Å². The van der Waals surface area contributed by atoms with Gasteiger partial charge in [-0.25, -0.2) is 0 Å². The van der Waals surface area contributed by atoms with Crippen LogP contribution in [0, 0.1) is 5.92 Å². The zero-order chi connectivity index (χ0) is 25.1. The van der Waals surface area contributed by atoms with Crippen molar-refractivity contribution in [3.8, 4) is 0 Å². The maximum atomic E-state index is 11.8. The SMILES string of the molecule is O=C1CCCCC1.O=C1CCCC[C@H]1[C@@H](O)c1c(Cl)cccc1Cl.O=Cc1c(Cl)cccc1Cl. The van der Waals surface area contributed by atoms with Gasteiger partial charge in [0.1, 0.15) is 11.6 Å². The predicted molar refractivity (Wildman–Crippen MR) is 138 cm³/mol. The van der Waals surface area contributed by atoms with Gasteiger partial charge in [0.15, 0.2) is 6.29 Å². The number of carbonyl (C=O) groups excluding carboxylic acids is 3. The Hall–Kier alpha value is -1.43. The molecule has 2 fully saturated rings. The lowest BCUT2D eigenvalue weighted by Crippen LogP contribution is -2.25. The molecule has 0 bridgehead atoms. The Morgan fingerprint density at radius 3 is 1.68 bits per heavy atom. The second-order valence-corrected chi connectivity index (χ2v) is 9.88. The fourth-order valence-electron chi connectivity index (χ4n) is 3.91. The first-order chi connectivity index (χ1) is 16.3. The van der Waals surface area contributed by atoms with Crippen LogP contribution >= 0.6 is 46.4 Å². The van der Waals surface area contributed by atoms with Gasteiger partial charge in [-0.3, -0.25) is 14.4 Å². The zero-order valence-corrected chi connectivity index (χ0v) is 21.8. The summed E-state index contributed by atoms with van der Waals surface area (Å²) in [6.45, 7) is 0. The van der Waals surface area contributed by atoms with Gasteiger partial charge in [0.25, 0.3) is 0 Å². The number of carbonyl (C=O) groups is 3. The normalized spacial score (nSPS) is 18.7. The maximum absolute atomic E-state index is 11.8. The van der Waals surface area contributed by atoms with Crippen LogP contribution in [-0.2, 0) is 9.59 Å². The van der Waals surface area contributed by atoms with E-state index in [1.807, 2.05) is 0 Å². The van der Waals surface area contributed by atoms with E-state index in [-0.39, 0.29) is 11.7 Å². The highest BCUT2D eigenvalue weighted by atomic mass is 35.5. The number of aldehydes is 1. The predicted octanol–water partition coefficient (Wildman–Crippen LogP) is 8.11. The van der Waals surface area contributed by atoms with Crippen LogP contribution in [0.2, 0.25) is 20.1 Å². The van der Waals surface area contributed by atoms with E-state index in [2.05, 4.69) is 0 Å². The molecule has 0 heterocycles. The Kier molecular flexibility index (Phi) is 12.6. The molecule has 2 aliphatic carbocycles. The smallest absolute Gasteiger partial charge is 0.153 e. The number of benzene rings is 2. The molecule has 0 saturated heterocycles. The summed E-state index contributed by atoms with van der Waals surface area (Å²) in [7, 11) is 0. The van der Waals surface area contributed by atoms with E-state index in [1.54, 1.807) is 36.4 Å². The topological polar surface area (TPSA) is 71.4 Å². The first kappa shape index (κ1) is 28.8. The van der Waals surface area contributed by atoms with Crippen molar-refractivity contribution in [1.82, 2.24) is 0 Å². The third-order valence-electron chi connectivity index (χ3n) is 5.81. The van der Waals surface area contributed by atoms with Gasteiger partial charge < -0.3 is 5.11 Å². The van der Waals surface area contributed by atoms with E-state index < -0.39 is 6.10 Å². The minimum absolute atomic E-state index is 0.111. The molecule has 0 radical (unpaired) electrons. The van der Waals surface area contributed by atoms with Crippen molar-refractivity contribution in [2.45, 2.75) is 63.9 Å². The van der Waals surface area contributed by atoms with Crippen molar-refractivity contribution < 1.29 is 19.5 Å². The number of Topliss-reactive ketones (excluding diaryl/α,β-unsaturated/α-hetero) is 2.